The fraction of sp³-hybridized carbons (Fsp3) is 0.200. The van der Waals surface area contributed by atoms with Crippen LogP contribution in [0.15, 0.2) is 24.3 Å². The van der Waals surface area contributed by atoms with Gasteiger partial charge in [-0.25, -0.2) is 0 Å². The molecule has 0 saturated heterocycles. The van der Waals surface area contributed by atoms with Gasteiger partial charge in [0.05, 0.1) is 5.56 Å². The van der Waals surface area contributed by atoms with Gasteiger partial charge in [0.25, 0.3) is 0 Å². The highest BCUT2D eigenvalue weighted by atomic mass is 35.7. The molecule has 1 aromatic rings. The maximum Gasteiger partial charge on any atom is 0.416 e. The van der Waals surface area contributed by atoms with Crippen molar-refractivity contribution in [3.8, 4) is 11.2 Å². The number of alkyl halides is 3. The zero-order chi connectivity index (χ0) is 13.1. The molecule has 0 radical (unpaired) electrons. The molecule has 1 aromatic carbocycles. The largest absolute Gasteiger partial charge is 0.416 e. The van der Waals surface area contributed by atoms with E-state index >= 15 is 0 Å². The highest BCUT2D eigenvalue weighted by Gasteiger charge is 2.29. The second kappa shape index (κ2) is 4.98. The van der Waals surface area contributed by atoms with Crippen LogP contribution in [0.5, 0.6) is 0 Å². The van der Waals surface area contributed by atoms with E-state index in [4.69, 9.17) is 10.7 Å². The van der Waals surface area contributed by atoms with Crippen molar-refractivity contribution in [2.45, 2.75) is 12.6 Å². The smallest absolute Gasteiger partial charge is 0.198 e. The molecule has 1 rings (SSSR count). The first-order valence-electron chi connectivity index (χ1n) is 4.29. The minimum absolute atomic E-state index is 0.0179. The van der Waals surface area contributed by atoms with Gasteiger partial charge in [0.1, 0.15) is 0 Å². The highest BCUT2D eigenvalue weighted by Crippen LogP contribution is 2.29. The van der Waals surface area contributed by atoms with Crippen molar-refractivity contribution in [2.24, 2.45) is 0 Å². The molecule has 0 fully saturated rings. The van der Waals surface area contributed by atoms with Gasteiger partial charge in [0.15, 0.2) is 0 Å². The van der Waals surface area contributed by atoms with Crippen LogP contribution in [-0.4, -0.2) is 8.42 Å². The zero-order valence-electron chi connectivity index (χ0n) is 8.25. The first-order valence-corrected chi connectivity index (χ1v) is 6.60. The van der Waals surface area contributed by atoms with Gasteiger partial charge >= 0.3 is 15.2 Å². The lowest BCUT2D eigenvalue weighted by Crippen LogP contribution is -2.04. The molecule has 0 aliphatic heterocycles. The third kappa shape index (κ3) is 5.11. The minimum atomic E-state index is -4.39. The van der Waals surface area contributed by atoms with Crippen molar-refractivity contribution in [1.29, 1.82) is 0 Å². The average Bonchev–Trinajstić information content (AvgIpc) is 2.15. The minimum Gasteiger partial charge on any atom is -0.198 e. The van der Waals surface area contributed by atoms with E-state index < -0.39 is 20.8 Å². The summed E-state index contributed by atoms with van der Waals surface area (Å²) in [6, 6.07) is 4.29. The maximum atomic E-state index is 12.2. The second-order valence-corrected chi connectivity index (χ2v) is 5.39. The summed E-state index contributed by atoms with van der Waals surface area (Å²) in [4.78, 5) is 0. The molecule has 0 amide bonds. The lowest BCUT2D eigenvalue weighted by molar-refractivity contribution is -0.137. The molecule has 0 N–H and O–H groups in total. The van der Waals surface area contributed by atoms with Gasteiger partial charge in [-0.3, -0.25) is 0 Å². The van der Waals surface area contributed by atoms with Crippen molar-refractivity contribution >= 4 is 19.7 Å². The predicted molar refractivity (Wildman–Crippen MR) is 57.7 cm³/mol. The van der Waals surface area contributed by atoms with E-state index in [-0.39, 0.29) is 6.42 Å². The molecule has 0 aliphatic rings. The summed E-state index contributed by atoms with van der Waals surface area (Å²) in [5.41, 5.74) is -0.287. The highest BCUT2D eigenvalue weighted by molar-refractivity contribution is 8.17. The summed E-state index contributed by atoms with van der Waals surface area (Å²) in [6.07, 6.45) is -4.37. The van der Waals surface area contributed by atoms with Gasteiger partial charge in [-0.15, -0.1) is 0 Å². The normalized spacial score (nSPS) is 11.8. The summed E-state index contributed by atoms with van der Waals surface area (Å²) in [7, 11) is 0.940. The Morgan fingerprint density at radius 1 is 1.18 bits per heavy atom. The van der Waals surface area contributed by atoms with Gasteiger partial charge in [-0.1, -0.05) is 18.1 Å². The van der Waals surface area contributed by atoms with Crippen LogP contribution in [0.2, 0.25) is 0 Å². The average molecular weight is 283 g/mol. The monoisotopic (exact) mass is 282 g/mol. The van der Waals surface area contributed by atoms with E-state index in [2.05, 4.69) is 5.92 Å². The Kier molecular flexibility index (Phi) is 4.07. The summed E-state index contributed by atoms with van der Waals surface area (Å²) in [5, 5.41) is 1.78. The Morgan fingerprint density at radius 2 is 1.71 bits per heavy atom. The molecule has 0 saturated carbocycles. The number of hydrogen-bond acceptors (Lipinski definition) is 2. The van der Waals surface area contributed by atoms with E-state index in [0.717, 1.165) is 12.1 Å². The molecule has 7 heteroatoms. The summed E-state index contributed by atoms with van der Waals surface area (Å²) in [6.45, 7) is 0. The Morgan fingerprint density at radius 3 is 2.12 bits per heavy atom. The van der Waals surface area contributed by atoms with Gasteiger partial charge in [0, 0.05) is 22.4 Å². The molecule has 0 bridgehead atoms. The van der Waals surface area contributed by atoms with Gasteiger partial charge in [-0.2, -0.15) is 21.6 Å². The van der Waals surface area contributed by atoms with Crippen LogP contribution in [0, 0.1) is 11.2 Å². The van der Waals surface area contributed by atoms with Crippen molar-refractivity contribution in [3.05, 3.63) is 35.4 Å². The molecule has 0 heterocycles. The molecule has 0 atom stereocenters. The van der Waals surface area contributed by atoms with Crippen LogP contribution in [-0.2, 0) is 21.6 Å². The molecule has 0 unspecified atom stereocenters. The zero-order valence-corrected chi connectivity index (χ0v) is 9.83. The lowest BCUT2D eigenvalue weighted by atomic mass is 10.1. The fourth-order valence-electron chi connectivity index (χ4n) is 1.04. The number of rotatable bonds is 1. The van der Waals surface area contributed by atoms with E-state index in [0.29, 0.717) is 5.56 Å². The summed E-state index contributed by atoms with van der Waals surface area (Å²) < 4.78 is 57.5. The topological polar surface area (TPSA) is 34.1 Å². The Bertz CT molecular complexity index is 550. The van der Waals surface area contributed by atoms with Crippen LogP contribution < -0.4 is 0 Å². The molecule has 2 nitrogen and oxygen atoms in total. The van der Waals surface area contributed by atoms with E-state index in [9.17, 15) is 21.6 Å². The maximum absolute atomic E-state index is 12.2. The Labute approximate surface area is 101 Å². The van der Waals surface area contributed by atoms with Gasteiger partial charge in [-0.05, 0) is 17.7 Å². The SMILES string of the molecule is O=S(=O)(Cl)C#CCc1ccc(C(F)(F)F)cc1. The van der Waals surface area contributed by atoms with Crippen LogP contribution in [0.25, 0.3) is 0 Å². The third-order valence-corrected chi connectivity index (χ3v) is 2.39. The van der Waals surface area contributed by atoms with E-state index in [1.54, 1.807) is 5.25 Å². The van der Waals surface area contributed by atoms with E-state index in [1.165, 1.54) is 12.1 Å². The quantitative estimate of drug-likeness (QED) is 0.586. The number of benzene rings is 1. The van der Waals surface area contributed by atoms with Gasteiger partial charge < -0.3 is 0 Å². The molecule has 92 valence electrons. The fourth-order valence-corrected chi connectivity index (χ4v) is 1.44. The van der Waals surface area contributed by atoms with Crippen molar-refractivity contribution in [1.82, 2.24) is 0 Å². The van der Waals surface area contributed by atoms with Crippen LogP contribution >= 0.6 is 10.7 Å². The number of hydrogen-bond donors (Lipinski definition) is 0. The first kappa shape index (κ1) is 13.9. The first-order chi connectivity index (χ1) is 7.68. The van der Waals surface area contributed by atoms with Crippen molar-refractivity contribution < 1.29 is 21.6 Å². The third-order valence-electron chi connectivity index (χ3n) is 1.77. The van der Waals surface area contributed by atoms with Crippen LogP contribution in [0.1, 0.15) is 11.1 Å². The van der Waals surface area contributed by atoms with Crippen molar-refractivity contribution in [3.63, 3.8) is 0 Å². The molecule has 0 aliphatic carbocycles. The lowest BCUT2D eigenvalue weighted by Gasteiger charge is -2.06. The Balaban J connectivity index is 2.79. The molecular weight excluding hydrogens is 277 g/mol. The molecule has 0 spiro atoms. The molecule has 17 heavy (non-hydrogen) atoms. The number of halogens is 4. The van der Waals surface area contributed by atoms with Crippen LogP contribution in [0.3, 0.4) is 0 Å². The summed E-state index contributed by atoms with van der Waals surface area (Å²) in [5.74, 6) is 2.25. The van der Waals surface area contributed by atoms with Crippen molar-refractivity contribution in [2.75, 3.05) is 0 Å². The predicted octanol–water partition coefficient (Wildman–Crippen LogP) is 2.78. The molecule has 0 aromatic heterocycles. The Hall–Kier alpha value is -1.19. The van der Waals surface area contributed by atoms with Gasteiger partial charge in [0.2, 0.25) is 0 Å². The summed E-state index contributed by atoms with van der Waals surface area (Å²) >= 11 is 0. The molecular formula is C10H6ClF3O2S. The second-order valence-electron chi connectivity index (χ2n) is 3.09. The van der Waals surface area contributed by atoms with E-state index in [1.807, 2.05) is 0 Å². The standard InChI is InChI=1S/C10H6ClF3O2S/c11-17(15,16)7-1-2-8-3-5-9(6-4-8)10(12,13)14/h3-6H,2H2. The van der Waals surface area contributed by atoms with Crippen LogP contribution in [0.4, 0.5) is 13.2 Å².